The minimum absolute atomic E-state index is 0.473. The summed E-state index contributed by atoms with van der Waals surface area (Å²) < 4.78 is 6.07. The summed E-state index contributed by atoms with van der Waals surface area (Å²) >= 11 is 7.55. The highest BCUT2D eigenvalue weighted by atomic mass is 35.5. The molecular weight excluding hydrogens is 502 g/mol. The number of nitrogens with zero attached hydrogens (tertiary/aromatic N) is 4. The Balaban J connectivity index is 1.36. The molecule has 0 saturated carbocycles. The Labute approximate surface area is 222 Å². The second-order valence-electron chi connectivity index (χ2n) is 8.26. The Bertz CT molecular complexity index is 1660. The highest BCUT2D eigenvalue weighted by Crippen LogP contribution is 2.33. The zero-order chi connectivity index (χ0) is 25.0. The van der Waals surface area contributed by atoms with E-state index in [9.17, 15) is 0 Å². The molecule has 1 N–H and O–H groups in total. The fourth-order valence-corrected chi connectivity index (χ4v) is 4.69. The Kier molecular flexibility index (Phi) is 6.45. The van der Waals surface area contributed by atoms with Crippen LogP contribution in [0.5, 0.6) is 5.75 Å². The van der Waals surface area contributed by atoms with Gasteiger partial charge < -0.3 is 10.1 Å². The number of benzene rings is 3. The van der Waals surface area contributed by atoms with Gasteiger partial charge in [0.1, 0.15) is 18.2 Å². The maximum Gasteiger partial charge on any atom is 0.188 e. The molecule has 0 amide bonds. The summed E-state index contributed by atoms with van der Waals surface area (Å²) in [6, 6.07) is 27.4. The third-order valence-corrected chi connectivity index (χ3v) is 6.71. The molecule has 3 aromatic heterocycles. The summed E-state index contributed by atoms with van der Waals surface area (Å²) in [6.45, 7) is 0.473. The van der Waals surface area contributed by atoms with Gasteiger partial charge in [0.25, 0.3) is 0 Å². The van der Waals surface area contributed by atoms with E-state index in [-0.39, 0.29) is 0 Å². The van der Waals surface area contributed by atoms with E-state index >= 15 is 0 Å². The van der Waals surface area contributed by atoms with Crippen molar-refractivity contribution in [1.29, 1.82) is 0 Å². The summed E-state index contributed by atoms with van der Waals surface area (Å²) in [7, 11) is 0. The molecule has 0 aliphatic rings. The lowest BCUT2D eigenvalue weighted by Crippen LogP contribution is -2.00. The predicted molar refractivity (Wildman–Crippen MR) is 149 cm³/mol. The predicted octanol–water partition coefficient (Wildman–Crippen LogP) is 7.79. The van der Waals surface area contributed by atoms with Gasteiger partial charge in [0.05, 0.1) is 11.2 Å². The number of hydrogen-bond donors (Lipinski definition) is 1. The van der Waals surface area contributed by atoms with Gasteiger partial charge in [-0.15, -0.1) is 11.3 Å². The van der Waals surface area contributed by atoms with Crippen LogP contribution in [0.4, 0.5) is 10.9 Å². The highest BCUT2D eigenvalue weighted by molar-refractivity contribution is 7.14. The molecule has 0 fully saturated rings. The van der Waals surface area contributed by atoms with Crippen molar-refractivity contribution < 1.29 is 4.74 Å². The topological polar surface area (TPSA) is 72.8 Å². The van der Waals surface area contributed by atoms with E-state index in [1.54, 1.807) is 12.4 Å². The molecule has 0 aliphatic carbocycles. The first-order chi connectivity index (χ1) is 18.2. The lowest BCUT2D eigenvalue weighted by molar-refractivity contribution is 0.306. The van der Waals surface area contributed by atoms with Crippen molar-refractivity contribution >= 4 is 44.8 Å². The largest absolute Gasteiger partial charge is 0.489 e. The highest BCUT2D eigenvalue weighted by Gasteiger charge is 2.14. The van der Waals surface area contributed by atoms with E-state index in [1.807, 2.05) is 90.3 Å². The molecular formula is C29H20ClN5OS. The van der Waals surface area contributed by atoms with Gasteiger partial charge in [0.2, 0.25) is 0 Å². The number of anilines is 2. The van der Waals surface area contributed by atoms with E-state index in [0.717, 1.165) is 44.2 Å². The third-order valence-electron chi connectivity index (χ3n) is 5.70. The van der Waals surface area contributed by atoms with Gasteiger partial charge in [-0.2, -0.15) is 0 Å². The summed E-state index contributed by atoms with van der Waals surface area (Å²) in [5.41, 5.74) is 4.58. The van der Waals surface area contributed by atoms with Gasteiger partial charge in [-0.25, -0.2) is 15.0 Å². The van der Waals surface area contributed by atoms with E-state index in [4.69, 9.17) is 31.3 Å². The van der Waals surface area contributed by atoms with Crippen LogP contribution in [-0.2, 0) is 6.61 Å². The Morgan fingerprint density at radius 1 is 0.838 bits per heavy atom. The molecule has 3 heterocycles. The molecule has 3 aromatic carbocycles. The minimum atomic E-state index is 0.473. The maximum atomic E-state index is 6.07. The molecule has 180 valence electrons. The molecule has 0 bridgehead atoms. The van der Waals surface area contributed by atoms with Crippen molar-refractivity contribution in [1.82, 2.24) is 19.9 Å². The van der Waals surface area contributed by atoms with Crippen LogP contribution in [0, 0.1) is 0 Å². The second kappa shape index (κ2) is 10.3. The molecule has 0 spiro atoms. The van der Waals surface area contributed by atoms with Crippen molar-refractivity contribution in [2.75, 3.05) is 5.32 Å². The van der Waals surface area contributed by atoms with Crippen molar-refractivity contribution in [3.05, 3.63) is 113 Å². The number of thiazole rings is 1. The smallest absolute Gasteiger partial charge is 0.188 e. The molecule has 6 nitrogen and oxygen atoms in total. The molecule has 0 atom stereocenters. The molecule has 6 rings (SSSR count). The molecule has 0 unspecified atom stereocenters. The van der Waals surface area contributed by atoms with Crippen LogP contribution in [0.3, 0.4) is 0 Å². The molecule has 8 heteroatoms. The molecule has 0 saturated heterocycles. The second-order valence-corrected chi connectivity index (χ2v) is 9.56. The number of rotatable bonds is 7. The number of fused-ring (bicyclic) bond motifs is 1. The van der Waals surface area contributed by atoms with Crippen molar-refractivity contribution in [3.63, 3.8) is 0 Å². The number of halogens is 1. The zero-order valence-electron chi connectivity index (χ0n) is 19.5. The first-order valence-electron chi connectivity index (χ1n) is 11.6. The normalized spacial score (nSPS) is 10.9. The molecule has 6 aromatic rings. The van der Waals surface area contributed by atoms with Gasteiger partial charge in [0.15, 0.2) is 11.0 Å². The third kappa shape index (κ3) is 5.28. The van der Waals surface area contributed by atoms with Crippen LogP contribution >= 0.6 is 22.9 Å². The van der Waals surface area contributed by atoms with Crippen molar-refractivity contribution in [2.24, 2.45) is 0 Å². The lowest BCUT2D eigenvalue weighted by Gasteiger charge is -2.12. The van der Waals surface area contributed by atoms with E-state index < -0.39 is 0 Å². The number of nitrogens with one attached hydrogen (secondary N) is 1. The zero-order valence-corrected chi connectivity index (χ0v) is 21.1. The SMILES string of the molecule is Clc1ccc(-c2csc(Nc3nc(-c4cccnc4)nc4ccc(OCc5ccccc5)cc34)n2)cc1. The fourth-order valence-electron chi connectivity index (χ4n) is 3.84. The van der Waals surface area contributed by atoms with Gasteiger partial charge in [-0.05, 0) is 48.0 Å². The monoisotopic (exact) mass is 521 g/mol. The average Bonchev–Trinajstić information content (AvgIpc) is 3.42. The summed E-state index contributed by atoms with van der Waals surface area (Å²) in [4.78, 5) is 18.6. The molecule has 0 radical (unpaired) electrons. The lowest BCUT2D eigenvalue weighted by atomic mass is 10.2. The standard InChI is InChI=1S/C29H20ClN5OS/c30-22-10-8-20(9-11-22)26-18-37-29(33-26)35-28-24-15-23(36-17-19-5-2-1-3-6-19)12-13-25(24)32-27(34-28)21-7-4-14-31-16-21/h1-16,18H,17H2,(H,32,33,34,35). The van der Waals surface area contributed by atoms with Crippen LogP contribution < -0.4 is 10.1 Å². The minimum Gasteiger partial charge on any atom is -0.489 e. The van der Waals surface area contributed by atoms with Crippen LogP contribution in [0.1, 0.15) is 5.56 Å². The van der Waals surface area contributed by atoms with E-state index in [2.05, 4.69) is 10.3 Å². The molecule has 37 heavy (non-hydrogen) atoms. The number of ether oxygens (including phenoxy) is 1. The van der Waals surface area contributed by atoms with E-state index in [0.29, 0.717) is 23.3 Å². The summed E-state index contributed by atoms with van der Waals surface area (Å²) in [6.07, 6.45) is 3.48. The molecule has 0 aliphatic heterocycles. The van der Waals surface area contributed by atoms with Gasteiger partial charge in [0, 0.05) is 39.3 Å². The number of pyridine rings is 1. The van der Waals surface area contributed by atoms with Crippen LogP contribution in [0.15, 0.2) is 103 Å². The van der Waals surface area contributed by atoms with Crippen LogP contribution in [0.2, 0.25) is 5.02 Å². The Hall–Kier alpha value is -4.33. The maximum absolute atomic E-state index is 6.07. The number of aromatic nitrogens is 4. The van der Waals surface area contributed by atoms with Gasteiger partial charge in [-0.3, -0.25) is 4.98 Å². The summed E-state index contributed by atoms with van der Waals surface area (Å²) in [5, 5.41) is 7.67. The first-order valence-corrected chi connectivity index (χ1v) is 12.8. The first kappa shape index (κ1) is 23.1. The van der Waals surface area contributed by atoms with Crippen molar-refractivity contribution in [3.8, 4) is 28.4 Å². The Morgan fingerprint density at radius 3 is 2.51 bits per heavy atom. The summed E-state index contributed by atoms with van der Waals surface area (Å²) in [5.74, 6) is 1.96. The van der Waals surface area contributed by atoms with Gasteiger partial charge >= 0.3 is 0 Å². The van der Waals surface area contributed by atoms with E-state index in [1.165, 1.54) is 11.3 Å². The van der Waals surface area contributed by atoms with Crippen LogP contribution in [0.25, 0.3) is 33.5 Å². The Morgan fingerprint density at radius 2 is 1.70 bits per heavy atom. The average molecular weight is 522 g/mol. The number of hydrogen-bond acceptors (Lipinski definition) is 7. The quantitative estimate of drug-likeness (QED) is 0.231. The fraction of sp³-hybridized carbons (Fsp3) is 0.0345. The van der Waals surface area contributed by atoms with Gasteiger partial charge in [-0.1, -0.05) is 54.1 Å². The van der Waals surface area contributed by atoms with Crippen LogP contribution in [-0.4, -0.2) is 19.9 Å². The van der Waals surface area contributed by atoms with Crippen molar-refractivity contribution in [2.45, 2.75) is 6.61 Å².